The second-order valence-electron chi connectivity index (χ2n) is 6.71. The molecule has 0 aromatic rings. The highest BCUT2D eigenvalue weighted by atomic mass is 32.2. The number of hydrogen-bond donors (Lipinski definition) is 1. The molecule has 0 spiro atoms. The molecular formula is C14H25F3N2O2S. The Balaban J connectivity index is 1.75. The summed E-state index contributed by atoms with van der Waals surface area (Å²) in [6, 6.07) is -0.210. The molecule has 0 aromatic heterocycles. The molecule has 0 bridgehead atoms. The molecule has 2 aliphatic rings. The van der Waals surface area contributed by atoms with Gasteiger partial charge in [0.1, 0.15) is 0 Å². The molecule has 1 aliphatic heterocycles. The van der Waals surface area contributed by atoms with Gasteiger partial charge in [0.05, 0.1) is 12.3 Å². The van der Waals surface area contributed by atoms with Crippen LogP contribution in [0.2, 0.25) is 0 Å². The van der Waals surface area contributed by atoms with Crippen molar-refractivity contribution >= 4 is 10.0 Å². The molecule has 22 heavy (non-hydrogen) atoms. The van der Waals surface area contributed by atoms with Crippen LogP contribution in [0.3, 0.4) is 0 Å². The number of likely N-dealkylation sites (tertiary alicyclic amines) is 1. The highest BCUT2D eigenvalue weighted by Crippen LogP contribution is 2.28. The molecule has 2 rings (SSSR count). The van der Waals surface area contributed by atoms with Crippen LogP contribution in [0.4, 0.5) is 13.2 Å². The summed E-state index contributed by atoms with van der Waals surface area (Å²) in [5, 5.41) is 0. The number of alkyl halides is 3. The largest absolute Gasteiger partial charge is 0.401 e. The zero-order valence-electron chi connectivity index (χ0n) is 12.9. The Morgan fingerprint density at radius 1 is 1.18 bits per heavy atom. The van der Waals surface area contributed by atoms with E-state index in [1.807, 2.05) is 6.92 Å². The average Bonchev–Trinajstić information content (AvgIpc) is 2.32. The lowest BCUT2D eigenvalue weighted by Crippen LogP contribution is -2.47. The third kappa shape index (κ3) is 5.70. The van der Waals surface area contributed by atoms with E-state index < -0.39 is 22.7 Å². The van der Waals surface area contributed by atoms with Crippen LogP contribution in [0.1, 0.15) is 39.0 Å². The van der Waals surface area contributed by atoms with Crippen molar-refractivity contribution in [2.45, 2.75) is 51.2 Å². The molecular weight excluding hydrogens is 317 g/mol. The Hall–Kier alpha value is -0.340. The molecule has 1 saturated heterocycles. The van der Waals surface area contributed by atoms with E-state index in [4.69, 9.17) is 0 Å². The zero-order chi connectivity index (χ0) is 16.4. The van der Waals surface area contributed by atoms with Crippen LogP contribution in [-0.4, -0.2) is 50.9 Å². The van der Waals surface area contributed by atoms with Crippen molar-refractivity contribution in [2.24, 2.45) is 11.8 Å². The van der Waals surface area contributed by atoms with Gasteiger partial charge in [0.25, 0.3) is 0 Å². The van der Waals surface area contributed by atoms with E-state index >= 15 is 0 Å². The SMILES string of the molecule is C[C@H](NS(=O)(=O)CC1CCC1)C1CCN(CC(F)(F)F)CC1. The first-order chi connectivity index (χ1) is 10.1. The van der Waals surface area contributed by atoms with Gasteiger partial charge in [0.2, 0.25) is 10.0 Å². The van der Waals surface area contributed by atoms with Crippen molar-refractivity contribution in [2.75, 3.05) is 25.4 Å². The molecule has 1 saturated carbocycles. The summed E-state index contributed by atoms with van der Waals surface area (Å²) < 4.78 is 63.9. The van der Waals surface area contributed by atoms with E-state index in [1.54, 1.807) is 0 Å². The van der Waals surface area contributed by atoms with Crippen molar-refractivity contribution in [1.82, 2.24) is 9.62 Å². The topological polar surface area (TPSA) is 49.4 Å². The fourth-order valence-electron chi connectivity index (χ4n) is 3.26. The van der Waals surface area contributed by atoms with Gasteiger partial charge in [0, 0.05) is 6.04 Å². The quantitative estimate of drug-likeness (QED) is 0.806. The normalized spacial score (nSPS) is 24.2. The predicted molar refractivity (Wildman–Crippen MR) is 78.9 cm³/mol. The molecule has 4 nitrogen and oxygen atoms in total. The van der Waals surface area contributed by atoms with Gasteiger partial charge in [-0.25, -0.2) is 13.1 Å². The standard InChI is InChI=1S/C14H25F3N2O2S/c1-11(18-22(20,21)9-12-3-2-4-12)13-5-7-19(8-6-13)10-14(15,16)17/h11-13,18H,2-10H2,1H3/t11-/m0/s1. The fraction of sp³-hybridized carbons (Fsp3) is 1.00. The Labute approximate surface area is 130 Å². The Bertz CT molecular complexity index is 455. The van der Waals surface area contributed by atoms with E-state index in [0.29, 0.717) is 25.9 Å². The first kappa shape index (κ1) is 18.0. The zero-order valence-corrected chi connectivity index (χ0v) is 13.7. The fourth-order valence-corrected chi connectivity index (χ4v) is 5.07. The van der Waals surface area contributed by atoms with Gasteiger partial charge in [-0.05, 0) is 57.5 Å². The van der Waals surface area contributed by atoms with E-state index in [1.165, 1.54) is 4.90 Å². The second-order valence-corrected chi connectivity index (χ2v) is 8.51. The number of rotatable bonds is 6. The van der Waals surface area contributed by atoms with Gasteiger partial charge in [0.15, 0.2) is 0 Å². The number of hydrogen-bond acceptors (Lipinski definition) is 3. The smallest absolute Gasteiger partial charge is 0.295 e. The summed E-state index contributed by atoms with van der Waals surface area (Å²) in [6.07, 6.45) is 0.0961. The van der Waals surface area contributed by atoms with Crippen molar-refractivity contribution in [1.29, 1.82) is 0 Å². The van der Waals surface area contributed by atoms with E-state index in [2.05, 4.69) is 4.72 Å². The monoisotopic (exact) mass is 342 g/mol. The number of sulfonamides is 1. The van der Waals surface area contributed by atoms with Gasteiger partial charge in [-0.15, -0.1) is 0 Å². The third-order valence-corrected chi connectivity index (χ3v) is 6.43. The predicted octanol–water partition coefficient (Wildman–Crippen LogP) is 2.37. The van der Waals surface area contributed by atoms with Crippen LogP contribution >= 0.6 is 0 Å². The summed E-state index contributed by atoms with van der Waals surface area (Å²) in [5.41, 5.74) is 0. The summed E-state index contributed by atoms with van der Waals surface area (Å²) in [4.78, 5) is 1.39. The van der Waals surface area contributed by atoms with Crippen molar-refractivity contribution in [3.8, 4) is 0 Å². The molecule has 130 valence electrons. The van der Waals surface area contributed by atoms with Gasteiger partial charge in [-0.2, -0.15) is 13.2 Å². The number of nitrogens with zero attached hydrogens (tertiary/aromatic N) is 1. The minimum Gasteiger partial charge on any atom is -0.295 e. The average molecular weight is 342 g/mol. The maximum Gasteiger partial charge on any atom is 0.401 e. The minimum atomic E-state index is -4.16. The third-order valence-electron chi connectivity index (χ3n) is 4.79. The molecule has 0 unspecified atom stereocenters. The molecule has 0 amide bonds. The van der Waals surface area contributed by atoms with Crippen molar-refractivity contribution in [3.05, 3.63) is 0 Å². The first-order valence-corrected chi connectivity index (χ1v) is 9.59. The first-order valence-electron chi connectivity index (χ1n) is 7.94. The minimum absolute atomic E-state index is 0.112. The number of piperidine rings is 1. The van der Waals surface area contributed by atoms with Crippen LogP contribution in [0, 0.1) is 11.8 Å². The number of nitrogens with one attached hydrogen (secondary N) is 1. The Morgan fingerprint density at radius 3 is 2.23 bits per heavy atom. The lowest BCUT2D eigenvalue weighted by atomic mass is 9.87. The lowest BCUT2D eigenvalue weighted by Gasteiger charge is -2.35. The number of halogens is 3. The molecule has 0 radical (unpaired) electrons. The Morgan fingerprint density at radius 2 is 1.77 bits per heavy atom. The van der Waals surface area contributed by atoms with E-state index in [0.717, 1.165) is 19.3 Å². The van der Waals surface area contributed by atoms with E-state index in [9.17, 15) is 21.6 Å². The second kappa shape index (κ2) is 7.05. The molecule has 0 aromatic carbocycles. The molecule has 8 heteroatoms. The summed E-state index contributed by atoms with van der Waals surface area (Å²) in [5.74, 6) is 0.573. The summed E-state index contributed by atoms with van der Waals surface area (Å²) in [7, 11) is -3.28. The van der Waals surface area contributed by atoms with Gasteiger partial charge < -0.3 is 0 Å². The summed E-state index contributed by atoms with van der Waals surface area (Å²) in [6.45, 7) is 1.70. The molecule has 1 aliphatic carbocycles. The highest BCUT2D eigenvalue weighted by molar-refractivity contribution is 7.89. The molecule has 1 atom stereocenters. The van der Waals surface area contributed by atoms with Crippen LogP contribution in [0.5, 0.6) is 0 Å². The maximum atomic E-state index is 12.3. The van der Waals surface area contributed by atoms with Gasteiger partial charge in [-0.3, -0.25) is 4.90 Å². The summed E-state index contributed by atoms with van der Waals surface area (Å²) >= 11 is 0. The van der Waals surface area contributed by atoms with Gasteiger partial charge >= 0.3 is 6.18 Å². The molecule has 2 fully saturated rings. The van der Waals surface area contributed by atoms with E-state index in [-0.39, 0.29) is 23.6 Å². The van der Waals surface area contributed by atoms with Crippen LogP contribution in [-0.2, 0) is 10.0 Å². The van der Waals surface area contributed by atoms with Crippen molar-refractivity contribution < 1.29 is 21.6 Å². The molecule has 1 N–H and O–H groups in total. The van der Waals surface area contributed by atoms with Crippen LogP contribution in [0.25, 0.3) is 0 Å². The van der Waals surface area contributed by atoms with Crippen LogP contribution < -0.4 is 4.72 Å². The lowest BCUT2D eigenvalue weighted by molar-refractivity contribution is -0.148. The Kier molecular flexibility index (Phi) is 5.77. The molecule has 1 heterocycles. The highest BCUT2D eigenvalue weighted by Gasteiger charge is 2.34. The van der Waals surface area contributed by atoms with Crippen molar-refractivity contribution in [3.63, 3.8) is 0 Å². The van der Waals surface area contributed by atoms with Gasteiger partial charge in [-0.1, -0.05) is 6.42 Å². The van der Waals surface area contributed by atoms with Crippen LogP contribution in [0.15, 0.2) is 0 Å². The maximum absolute atomic E-state index is 12.3.